The summed E-state index contributed by atoms with van der Waals surface area (Å²) in [6.07, 6.45) is 9.66. The molecule has 5 atom stereocenters. The van der Waals surface area contributed by atoms with Gasteiger partial charge in [-0.15, -0.1) is 0 Å². The Morgan fingerprint density at radius 2 is 1.91 bits per heavy atom. The summed E-state index contributed by atoms with van der Waals surface area (Å²) in [6, 6.07) is 7.91. The molecule has 4 aliphatic carbocycles. The minimum atomic E-state index is -0.167. The second kappa shape index (κ2) is 6.03. The predicted octanol–water partition coefficient (Wildman–Crippen LogP) is 3.77. The van der Waals surface area contributed by atoms with Gasteiger partial charge in [0.05, 0.1) is 7.11 Å². The Labute approximate surface area is 137 Å². The van der Waals surface area contributed by atoms with E-state index in [1.165, 1.54) is 25.7 Å². The van der Waals surface area contributed by atoms with Crippen LogP contribution in [-0.2, 0) is 16.0 Å². The zero-order valence-electron chi connectivity index (χ0n) is 13.6. The fourth-order valence-corrected chi connectivity index (χ4v) is 5.08. The zero-order chi connectivity index (χ0) is 15.8. The number of carbonyl (C=O) groups is 1. The lowest BCUT2D eigenvalue weighted by Gasteiger charge is -2.31. The largest absolute Gasteiger partial charge is 0.497 e. The minimum absolute atomic E-state index is 0.167. The number of esters is 1. The first-order valence-corrected chi connectivity index (χ1v) is 8.73. The molecule has 0 saturated heterocycles. The third kappa shape index (κ3) is 2.89. The molecule has 5 unspecified atom stereocenters. The molecule has 4 fully saturated rings. The average molecular weight is 312 g/mol. The van der Waals surface area contributed by atoms with Crippen molar-refractivity contribution in [2.24, 2.45) is 23.7 Å². The molecule has 1 aromatic rings. The highest BCUT2D eigenvalue weighted by Gasteiger charge is 2.55. The summed E-state index contributed by atoms with van der Waals surface area (Å²) in [5.74, 6) is 3.72. The van der Waals surface area contributed by atoms with Crippen LogP contribution >= 0.6 is 0 Å². The summed E-state index contributed by atoms with van der Waals surface area (Å²) >= 11 is 0. The SMILES string of the molecule is COc1ccc(C/C=C/C(=O)OC2C3CC4CC(C3)C2C4)cc1. The molecule has 0 aliphatic heterocycles. The Bertz CT molecular complexity index is 600. The molecule has 0 amide bonds. The maximum atomic E-state index is 12.1. The van der Waals surface area contributed by atoms with Crippen LogP contribution < -0.4 is 4.74 Å². The molecule has 3 heteroatoms. The van der Waals surface area contributed by atoms with Crippen molar-refractivity contribution in [1.29, 1.82) is 0 Å². The Hall–Kier alpha value is -1.77. The number of ether oxygens (including phenoxy) is 2. The van der Waals surface area contributed by atoms with Crippen LogP contribution in [0.15, 0.2) is 36.4 Å². The number of hydrogen-bond donors (Lipinski definition) is 0. The van der Waals surface area contributed by atoms with Crippen molar-refractivity contribution in [2.75, 3.05) is 7.11 Å². The summed E-state index contributed by atoms with van der Waals surface area (Å²) in [4.78, 5) is 12.1. The van der Waals surface area contributed by atoms with Gasteiger partial charge < -0.3 is 9.47 Å². The Morgan fingerprint density at radius 3 is 2.65 bits per heavy atom. The lowest BCUT2D eigenvalue weighted by atomic mass is 9.80. The van der Waals surface area contributed by atoms with Gasteiger partial charge in [0.2, 0.25) is 0 Å². The highest BCUT2D eigenvalue weighted by atomic mass is 16.5. The van der Waals surface area contributed by atoms with Gasteiger partial charge in [0.25, 0.3) is 0 Å². The molecule has 0 N–H and O–H groups in total. The van der Waals surface area contributed by atoms with Crippen LogP contribution in [0.5, 0.6) is 5.75 Å². The van der Waals surface area contributed by atoms with Gasteiger partial charge in [0, 0.05) is 6.08 Å². The quantitative estimate of drug-likeness (QED) is 0.613. The summed E-state index contributed by atoms with van der Waals surface area (Å²) < 4.78 is 10.9. The van der Waals surface area contributed by atoms with E-state index in [1.807, 2.05) is 30.3 Å². The van der Waals surface area contributed by atoms with E-state index in [0.29, 0.717) is 11.8 Å². The number of methoxy groups -OCH3 is 1. The van der Waals surface area contributed by atoms with E-state index < -0.39 is 0 Å². The lowest BCUT2D eigenvalue weighted by molar-refractivity contribution is -0.148. The fraction of sp³-hybridized carbons (Fsp3) is 0.550. The molecule has 4 saturated carbocycles. The first-order chi connectivity index (χ1) is 11.2. The van der Waals surface area contributed by atoms with E-state index in [0.717, 1.165) is 29.6 Å². The van der Waals surface area contributed by atoms with Crippen molar-refractivity contribution in [3.05, 3.63) is 42.0 Å². The molecule has 1 aromatic carbocycles. The van der Waals surface area contributed by atoms with Crippen LogP contribution in [0.25, 0.3) is 0 Å². The van der Waals surface area contributed by atoms with Crippen molar-refractivity contribution in [2.45, 2.75) is 38.2 Å². The molecular formula is C20H24O3. The van der Waals surface area contributed by atoms with Crippen LogP contribution in [0.4, 0.5) is 0 Å². The van der Waals surface area contributed by atoms with Crippen molar-refractivity contribution in [3.8, 4) is 5.75 Å². The smallest absolute Gasteiger partial charge is 0.330 e. The molecule has 0 aromatic heterocycles. The number of carbonyl (C=O) groups excluding carboxylic acids is 1. The highest BCUT2D eigenvalue weighted by Crippen LogP contribution is 2.59. The normalized spacial score (nSPS) is 34.2. The van der Waals surface area contributed by atoms with Gasteiger partial charge in [-0.25, -0.2) is 4.79 Å². The van der Waals surface area contributed by atoms with Gasteiger partial charge in [-0.05, 0) is 73.5 Å². The topological polar surface area (TPSA) is 35.5 Å². The first-order valence-electron chi connectivity index (χ1n) is 8.73. The number of hydrogen-bond acceptors (Lipinski definition) is 3. The van der Waals surface area contributed by atoms with E-state index in [-0.39, 0.29) is 12.1 Å². The molecule has 5 rings (SSSR count). The van der Waals surface area contributed by atoms with Crippen molar-refractivity contribution in [1.82, 2.24) is 0 Å². The lowest BCUT2D eigenvalue weighted by Crippen LogP contribution is -2.32. The Balaban J connectivity index is 1.30. The van der Waals surface area contributed by atoms with Gasteiger partial charge in [0.15, 0.2) is 0 Å². The van der Waals surface area contributed by atoms with E-state index in [4.69, 9.17) is 9.47 Å². The molecule has 122 valence electrons. The molecule has 0 heterocycles. The number of allylic oxidation sites excluding steroid dienone is 1. The van der Waals surface area contributed by atoms with Crippen LogP contribution in [0, 0.1) is 23.7 Å². The van der Waals surface area contributed by atoms with Gasteiger partial charge in [-0.3, -0.25) is 0 Å². The van der Waals surface area contributed by atoms with Gasteiger partial charge in [-0.1, -0.05) is 18.2 Å². The van der Waals surface area contributed by atoms with Gasteiger partial charge in [-0.2, -0.15) is 0 Å². The highest BCUT2D eigenvalue weighted by molar-refractivity contribution is 5.82. The maximum Gasteiger partial charge on any atom is 0.330 e. The molecule has 23 heavy (non-hydrogen) atoms. The van der Waals surface area contributed by atoms with E-state index >= 15 is 0 Å². The van der Waals surface area contributed by atoms with Crippen molar-refractivity contribution in [3.63, 3.8) is 0 Å². The van der Waals surface area contributed by atoms with Crippen molar-refractivity contribution >= 4 is 5.97 Å². The summed E-state index contributed by atoms with van der Waals surface area (Å²) in [7, 11) is 1.66. The monoisotopic (exact) mass is 312 g/mol. The van der Waals surface area contributed by atoms with Gasteiger partial charge in [0.1, 0.15) is 11.9 Å². The molecule has 3 nitrogen and oxygen atoms in total. The predicted molar refractivity (Wildman–Crippen MR) is 88.1 cm³/mol. The van der Waals surface area contributed by atoms with E-state index in [1.54, 1.807) is 13.2 Å². The standard InChI is InChI=1S/C20H24O3/c1-22-17-7-5-13(6-8-17)3-2-4-19(21)23-20-16-10-14-9-15(12-16)18(20)11-14/h2,4-8,14-16,18,20H,3,9-12H2,1H3/b4-2+. The molecule has 0 spiro atoms. The summed E-state index contributed by atoms with van der Waals surface area (Å²) in [5, 5.41) is 0. The third-order valence-electron chi connectivity index (χ3n) is 5.99. The van der Waals surface area contributed by atoms with Crippen LogP contribution in [0.2, 0.25) is 0 Å². The summed E-state index contributed by atoms with van der Waals surface area (Å²) in [5.41, 5.74) is 1.16. The first kappa shape index (κ1) is 14.8. The zero-order valence-corrected chi connectivity index (χ0v) is 13.6. The third-order valence-corrected chi connectivity index (χ3v) is 5.99. The Morgan fingerprint density at radius 1 is 1.13 bits per heavy atom. The number of benzene rings is 1. The van der Waals surface area contributed by atoms with Crippen LogP contribution in [-0.4, -0.2) is 19.2 Å². The van der Waals surface area contributed by atoms with Crippen LogP contribution in [0.3, 0.4) is 0 Å². The van der Waals surface area contributed by atoms with Crippen LogP contribution in [0.1, 0.15) is 31.2 Å². The number of rotatable bonds is 5. The molecular weight excluding hydrogens is 288 g/mol. The minimum Gasteiger partial charge on any atom is -0.497 e. The second-order valence-corrected chi connectivity index (χ2v) is 7.35. The molecule has 0 radical (unpaired) electrons. The summed E-state index contributed by atoms with van der Waals surface area (Å²) in [6.45, 7) is 0. The fourth-order valence-electron chi connectivity index (χ4n) is 5.08. The van der Waals surface area contributed by atoms with E-state index in [9.17, 15) is 4.79 Å². The second-order valence-electron chi connectivity index (χ2n) is 7.35. The van der Waals surface area contributed by atoms with Gasteiger partial charge >= 0.3 is 5.97 Å². The maximum absolute atomic E-state index is 12.1. The Kier molecular flexibility index (Phi) is 3.88. The molecule has 4 aliphatic rings. The van der Waals surface area contributed by atoms with E-state index in [2.05, 4.69) is 0 Å². The molecule has 4 bridgehead atoms. The van der Waals surface area contributed by atoms with Crippen molar-refractivity contribution < 1.29 is 14.3 Å². The average Bonchev–Trinajstić information content (AvgIpc) is 2.97.